The van der Waals surface area contributed by atoms with E-state index in [4.69, 9.17) is 9.47 Å². The molecule has 0 spiro atoms. The number of methoxy groups -OCH3 is 1. The lowest BCUT2D eigenvalue weighted by Gasteiger charge is -2.43. The van der Waals surface area contributed by atoms with Gasteiger partial charge in [-0.25, -0.2) is 4.98 Å². The second-order valence-electron chi connectivity index (χ2n) is 6.69. The van der Waals surface area contributed by atoms with Crippen LogP contribution in [0.25, 0.3) is 0 Å². The molecule has 7 nitrogen and oxygen atoms in total. The van der Waals surface area contributed by atoms with Gasteiger partial charge in [-0.05, 0) is 31.2 Å². The van der Waals surface area contributed by atoms with Crippen LogP contribution in [0.4, 0.5) is 0 Å². The van der Waals surface area contributed by atoms with E-state index in [-0.39, 0.29) is 37.4 Å². The zero-order valence-electron chi connectivity index (χ0n) is 14.9. The number of ether oxygens (including phenoxy) is 2. The molecule has 1 aromatic rings. The summed E-state index contributed by atoms with van der Waals surface area (Å²) in [5, 5.41) is 12.1. The number of carbonyl (C=O) groups is 2. The third-order valence-electron chi connectivity index (χ3n) is 4.64. The molecule has 0 unspecified atom stereocenters. The third kappa shape index (κ3) is 4.69. The van der Waals surface area contributed by atoms with Crippen LogP contribution in [0.2, 0.25) is 0 Å². The Balaban J connectivity index is 2.10. The maximum atomic E-state index is 12.7. The Morgan fingerprint density at radius 1 is 1.44 bits per heavy atom. The summed E-state index contributed by atoms with van der Waals surface area (Å²) in [5.74, 6) is 0.126. The molecule has 1 aliphatic carbocycles. The number of rotatable bonds is 8. The van der Waals surface area contributed by atoms with E-state index in [0.29, 0.717) is 24.3 Å². The molecular formula is C18H26N2O5. The summed E-state index contributed by atoms with van der Waals surface area (Å²) in [4.78, 5) is 28.7. The molecule has 7 heteroatoms. The van der Waals surface area contributed by atoms with Crippen molar-refractivity contribution in [2.75, 3.05) is 20.3 Å². The van der Waals surface area contributed by atoms with Gasteiger partial charge < -0.3 is 19.9 Å². The number of nitrogens with zero attached hydrogens (tertiary/aromatic N) is 1. The predicted octanol–water partition coefficient (Wildman–Crippen LogP) is 1.61. The average Bonchev–Trinajstić information content (AvgIpc) is 2.58. The Kier molecular flexibility index (Phi) is 6.36. The SMILES string of the molecule is CCOC(=O)C[C@H](NC(=O)C1(C)CC(CO)C1)c1ccc(OC)nc1. The Hall–Kier alpha value is -2.15. The molecule has 1 amide bonds. The Labute approximate surface area is 147 Å². The number of aliphatic hydroxyl groups excluding tert-OH is 1. The van der Waals surface area contributed by atoms with Crippen molar-refractivity contribution >= 4 is 11.9 Å². The smallest absolute Gasteiger partial charge is 0.308 e. The third-order valence-corrected chi connectivity index (χ3v) is 4.64. The normalized spacial score (nSPS) is 23.3. The summed E-state index contributed by atoms with van der Waals surface area (Å²) >= 11 is 0. The van der Waals surface area contributed by atoms with Gasteiger partial charge >= 0.3 is 5.97 Å². The fourth-order valence-corrected chi connectivity index (χ4v) is 3.22. The number of carbonyl (C=O) groups excluding carboxylic acids is 2. The molecule has 2 N–H and O–H groups in total. The molecular weight excluding hydrogens is 324 g/mol. The van der Waals surface area contributed by atoms with E-state index in [9.17, 15) is 14.7 Å². The van der Waals surface area contributed by atoms with Crippen LogP contribution in [-0.2, 0) is 14.3 Å². The van der Waals surface area contributed by atoms with Crippen LogP contribution in [0, 0.1) is 11.3 Å². The van der Waals surface area contributed by atoms with Crippen molar-refractivity contribution in [2.45, 2.75) is 39.2 Å². The van der Waals surface area contributed by atoms with Crippen molar-refractivity contribution in [1.82, 2.24) is 10.3 Å². The van der Waals surface area contributed by atoms with Crippen molar-refractivity contribution < 1.29 is 24.2 Å². The second-order valence-corrected chi connectivity index (χ2v) is 6.69. The zero-order chi connectivity index (χ0) is 18.4. The molecule has 0 aromatic carbocycles. The zero-order valence-corrected chi connectivity index (χ0v) is 14.9. The second kappa shape index (κ2) is 8.29. The molecule has 1 aromatic heterocycles. The summed E-state index contributed by atoms with van der Waals surface area (Å²) in [7, 11) is 1.52. The first-order chi connectivity index (χ1) is 11.9. The monoisotopic (exact) mass is 350 g/mol. The van der Waals surface area contributed by atoms with Gasteiger partial charge in [0.05, 0.1) is 26.2 Å². The molecule has 2 rings (SSSR count). The maximum Gasteiger partial charge on any atom is 0.308 e. The van der Waals surface area contributed by atoms with Crippen LogP contribution >= 0.6 is 0 Å². The van der Waals surface area contributed by atoms with Crippen LogP contribution in [0.3, 0.4) is 0 Å². The fraction of sp³-hybridized carbons (Fsp3) is 0.611. The van der Waals surface area contributed by atoms with Gasteiger partial charge in [0.15, 0.2) is 0 Å². The number of nitrogens with one attached hydrogen (secondary N) is 1. The number of amides is 1. The maximum absolute atomic E-state index is 12.7. The average molecular weight is 350 g/mol. The summed E-state index contributed by atoms with van der Waals surface area (Å²) in [5.41, 5.74) is 0.198. The van der Waals surface area contributed by atoms with E-state index in [1.165, 1.54) is 7.11 Å². The summed E-state index contributed by atoms with van der Waals surface area (Å²) in [6.07, 6.45) is 2.90. The van der Waals surface area contributed by atoms with Crippen LogP contribution in [0.1, 0.15) is 44.7 Å². The van der Waals surface area contributed by atoms with E-state index >= 15 is 0 Å². The molecule has 138 valence electrons. The molecule has 1 aliphatic rings. The highest BCUT2D eigenvalue weighted by Gasteiger charge is 2.46. The first-order valence-corrected chi connectivity index (χ1v) is 8.49. The molecule has 1 fully saturated rings. The first kappa shape index (κ1) is 19.2. The molecule has 0 saturated heterocycles. The minimum Gasteiger partial charge on any atom is -0.481 e. The van der Waals surface area contributed by atoms with Crippen LogP contribution in [-0.4, -0.2) is 42.3 Å². The first-order valence-electron chi connectivity index (χ1n) is 8.49. The van der Waals surface area contributed by atoms with Crippen molar-refractivity contribution in [3.8, 4) is 5.88 Å². The highest BCUT2D eigenvalue weighted by Crippen LogP contribution is 2.45. The van der Waals surface area contributed by atoms with E-state index < -0.39 is 11.5 Å². The number of esters is 1. The van der Waals surface area contributed by atoms with Crippen molar-refractivity contribution in [2.24, 2.45) is 11.3 Å². The minimum atomic E-state index is -0.519. The van der Waals surface area contributed by atoms with Crippen LogP contribution < -0.4 is 10.1 Å². The molecule has 1 atom stereocenters. The number of aromatic nitrogens is 1. The van der Waals surface area contributed by atoms with Gasteiger partial charge in [-0.2, -0.15) is 0 Å². The Bertz CT molecular complexity index is 596. The van der Waals surface area contributed by atoms with E-state index in [1.807, 2.05) is 6.92 Å². The number of pyridine rings is 1. The van der Waals surface area contributed by atoms with E-state index in [0.717, 1.165) is 0 Å². The van der Waals surface area contributed by atoms with Crippen molar-refractivity contribution in [1.29, 1.82) is 0 Å². The molecule has 0 radical (unpaired) electrons. The molecule has 0 bridgehead atoms. The van der Waals surface area contributed by atoms with Crippen molar-refractivity contribution in [3.63, 3.8) is 0 Å². The molecule has 1 heterocycles. The van der Waals surface area contributed by atoms with Gasteiger partial charge in [0.25, 0.3) is 0 Å². The summed E-state index contributed by atoms with van der Waals surface area (Å²) < 4.78 is 10.1. The van der Waals surface area contributed by atoms with E-state index in [2.05, 4.69) is 10.3 Å². The molecule has 25 heavy (non-hydrogen) atoms. The molecule has 0 aliphatic heterocycles. The summed E-state index contributed by atoms with van der Waals surface area (Å²) in [6, 6.07) is 2.94. The van der Waals surface area contributed by atoms with E-state index in [1.54, 1.807) is 25.3 Å². The van der Waals surface area contributed by atoms with Gasteiger partial charge in [-0.15, -0.1) is 0 Å². The van der Waals surface area contributed by atoms with Crippen LogP contribution in [0.5, 0.6) is 5.88 Å². The van der Waals surface area contributed by atoms with Gasteiger partial charge in [0.2, 0.25) is 11.8 Å². The predicted molar refractivity (Wildman–Crippen MR) is 90.8 cm³/mol. The highest BCUT2D eigenvalue weighted by molar-refractivity contribution is 5.84. The topological polar surface area (TPSA) is 97.8 Å². The Morgan fingerprint density at radius 3 is 2.68 bits per heavy atom. The fourth-order valence-electron chi connectivity index (χ4n) is 3.22. The van der Waals surface area contributed by atoms with Gasteiger partial charge in [0.1, 0.15) is 0 Å². The lowest BCUT2D eigenvalue weighted by molar-refractivity contribution is -0.145. The van der Waals surface area contributed by atoms with Gasteiger partial charge in [-0.1, -0.05) is 13.0 Å². The highest BCUT2D eigenvalue weighted by atomic mass is 16.5. The van der Waals surface area contributed by atoms with Gasteiger partial charge in [0, 0.05) is 24.3 Å². The van der Waals surface area contributed by atoms with Crippen molar-refractivity contribution in [3.05, 3.63) is 23.9 Å². The standard InChI is InChI=1S/C18H26N2O5/c1-4-25-16(22)7-14(13-5-6-15(24-3)19-10-13)20-17(23)18(2)8-12(9-18)11-21/h5-6,10,12,14,21H,4,7-9,11H2,1-3H3,(H,20,23)/t12?,14-,18?/m0/s1. The minimum absolute atomic E-state index is 0.0348. The molecule has 1 saturated carbocycles. The number of hydrogen-bond donors (Lipinski definition) is 2. The largest absolute Gasteiger partial charge is 0.481 e. The number of aliphatic hydroxyl groups is 1. The lowest BCUT2D eigenvalue weighted by atomic mass is 9.63. The van der Waals surface area contributed by atoms with Gasteiger partial charge in [-0.3, -0.25) is 9.59 Å². The van der Waals surface area contributed by atoms with Crippen LogP contribution in [0.15, 0.2) is 18.3 Å². The lowest BCUT2D eigenvalue weighted by Crippen LogP contribution is -2.49. The Morgan fingerprint density at radius 2 is 2.16 bits per heavy atom. The summed E-state index contributed by atoms with van der Waals surface area (Å²) in [6.45, 7) is 4.00. The quantitative estimate of drug-likeness (QED) is 0.691. The number of hydrogen-bond acceptors (Lipinski definition) is 6.